The highest BCUT2D eigenvalue weighted by Gasteiger charge is 2.17. The molecule has 154 valence electrons. The zero-order valence-corrected chi connectivity index (χ0v) is 17.7. The van der Waals surface area contributed by atoms with E-state index >= 15 is 0 Å². The summed E-state index contributed by atoms with van der Waals surface area (Å²) in [6.07, 6.45) is -0.893. The largest absolute Gasteiger partial charge is 0.452 e. The van der Waals surface area contributed by atoms with E-state index in [4.69, 9.17) is 4.74 Å². The van der Waals surface area contributed by atoms with Gasteiger partial charge in [0.1, 0.15) is 0 Å². The maximum atomic E-state index is 12.0. The lowest BCUT2D eigenvalue weighted by molar-refractivity contribution is -0.152. The van der Waals surface area contributed by atoms with E-state index in [1.54, 1.807) is 0 Å². The molecular weight excluding hydrogens is 388 g/mol. The van der Waals surface area contributed by atoms with Crippen LogP contribution in [-0.4, -0.2) is 35.4 Å². The monoisotopic (exact) mass is 414 g/mol. The van der Waals surface area contributed by atoms with Crippen LogP contribution >= 0.6 is 11.8 Å². The van der Waals surface area contributed by atoms with E-state index in [9.17, 15) is 14.4 Å². The third kappa shape index (κ3) is 7.99. The topological polar surface area (TPSA) is 84.5 Å². The molecule has 0 aliphatic heterocycles. The van der Waals surface area contributed by atoms with E-state index in [2.05, 4.69) is 10.6 Å². The molecule has 7 heteroatoms. The lowest BCUT2D eigenvalue weighted by Crippen LogP contribution is -2.35. The second-order valence-corrected chi connectivity index (χ2v) is 7.68. The molecule has 0 spiro atoms. The van der Waals surface area contributed by atoms with E-state index in [1.807, 2.05) is 62.4 Å². The van der Waals surface area contributed by atoms with Crippen LogP contribution in [0, 0.1) is 13.8 Å². The number of aryl methyl sites for hydroxylation is 2. The van der Waals surface area contributed by atoms with Crippen LogP contribution < -0.4 is 10.6 Å². The number of ether oxygens (including phenoxy) is 1. The Labute approximate surface area is 175 Å². The Kier molecular flexibility index (Phi) is 8.73. The van der Waals surface area contributed by atoms with Crippen LogP contribution in [0.1, 0.15) is 23.6 Å². The number of amides is 2. The smallest absolute Gasteiger partial charge is 0.316 e. The fraction of sp³-hybridized carbons (Fsp3) is 0.318. The average molecular weight is 415 g/mol. The van der Waals surface area contributed by atoms with Gasteiger partial charge in [0, 0.05) is 12.2 Å². The van der Waals surface area contributed by atoms with Gasteiger partial charge in [0.25, 0.3) is 5.91 Å². The predicted octanol–water partition coefficient (Wildman–Crippen LogP) is 3.22. The first-order chi connectivity index (χ1) is 13.8. The highest BCUT2D eigenvalue weighted by Crippen LogP contribution is 2.16. The van der Waals surface area contributed by atoms with E-state index in [0.29, 0.717) is 6.54 Å². The molecule has 0 heterocycles. The number of hydrogen-bond acceptors (Lipinski definition) is 5. The number of carbonyl (C=O) groups excluding carboxylic acids is 3. The van der Waals surface area contributed by atoms with Crippen LogP contribution in [0.3, 0.4) is 0 Å². The average Bonchev–Trinajstić information content (AvgIpc) is 2.69. The zero-order valence-electron chi connectivity index (χ0n) is 16.9. The maximum absolute atomic E-state index is 12.0. The van der Waals surface area contributed by atoms with E-state index in [-0.39, 0.29) is 23.3 Å². The van der Waals surface area contributed by atoms with Gasteiger partial charge in [-0.3, -0.25) is 14.4 Å². The Bertz CT molecular complexity index is 855. The quantitative estimate of drug-likeness (QED) is 0.616. The van der Waals surface area contributed by atoms with Gasteiger partial charge >= 0.3 is 5.97 Å². The molecular formula is C22H26N2O4S. The van der Waals surface area contributed by atoms with Crippen molar-refractivity contribution < 1.29 is 19.1 Å². The molecule has 0 aromatic heterocycles. The Morgan fingerprint density at radius 3 is 2.45 bits per heavy atom. The number of hydrogen-bond donors (Lipinski definition) is 2. The van der Waals surface area contributed by atoms with Crippen LogP contribution in [0.25, 0.3) is 0 Å². The predicted molar refractivity (Wildman–Crippen MR) is 116 cm³/mol. The lowest BCUT2D eigenvalue weighted by Gasteiger charge is -2.13. The van der Waals surface area contributed by atoms with Crippen molar-refractivity contribution in [2.24, 2.45) is 0 Å². The van der Waals surface area contributed by atoms with Crippen molar-refractivity contribution in [1.29, 1.82) is 0 Å². The number of rotatable bonds is 9. The molecule has 0 aliphatic carbocycles. The van der Waals surface area contributed by atoms with E-state index in [1.165, 1.54) is 6.92 Å². The molecule has 0 saturated heterocycles. The minimum Gasteiger partial charge on any atom is -0.452 e. The van der Waals surface area contributed by atoms with Gasteiger partial charge in [-0.2, -0.15) is 0 Å². The van der Waals surface area contributed by atoms with E-state index < -0.39 is 12.1 Å². The SMILES string of the molecule is Cc1ccc(NC(=O)CSCC(=O)O[C@@H](C)C(=O)NCc2ccccc2)c(C)c1. The Morgan fingerprint density at radius 2 is 1.76 bits per heavy atom. The number of thioether (sulfide) groups is 1. The van der Waals surface area contributed by atoms with Gasteiger partial charge in [-0.15, -0.1) is 11.8 Å². The molecule has 6 nitrogen and oxygen atoms in total. The first-order valence-corrected chi connectivity index (χ1v) is 10.5. The maximum Gasteiger partial charge on any atom is 0.316 e. The van der Waals surface area contributed by atoms with Crippen molar-refractivity contribution >= 4 is 35.2 Å². The highest BCUT2D eigenvalue weighted by molar-refractivity contribution is 8.00. The Balaban J connectivity index is 1.66. The second kappa shape index (κ2) is 11.3. The number of anilines is 1. The van der Waals surface area contributed by atoms with Gasteiger partial charge in [0.2, 0.25) is 5.91 Å². The number of carbonyl (C=O) groups is 3. The summed E-state index contributed by atoms with van der Waals surface area (Å²) in [6, 6.07) is 15.2. The van der Waals surface area contributed by atoms with Gasteiger partial charge in [-0.05, 0) is 38.0 Å². The van der Waals surface area contributed by atoms with Crippen molar-refractivity contribution in [3.8, 4) is 0 Å². The van der Waals surface area contributed by atoms with Crippen LogP contribution in [0.5, 0.6) is 0 Å². The molecule has 0 fully saturated rings. The fourth-order valence-corrected chi connectivity index (χ4v) is 3.18. The first-order valence-electron chi connectivity index (χ1n) is 9.31. The molecule has 1 atom stereocenters. The molecule has 0 bridgehead atoms. The molecule has 2 rings (SSSR count). The normalized spacial score (nSPS) is 11.4. The zero-order chi connectivity index (χ0) is 21.2. The molecule has 2 amide bonds. The highest BCUT2D eigenvalue weighted by atomic mass is 32.2. The van der Waals surface area contributed by atoms with Crippen molar-refractivity contribution in [2.75, 3.05) is 16.8 Å². The van der Waals surface area contributed by atoms with Gasteiger partial charge in [0.05, 0.1) is 11.5 Å². The van der Waals surface area contributed by atoms with Crippen LogP contribution in [0.4, 0.5) is 5.69 Å². The molecule has 0 unspecified atom stereocenters. The summed E-state index contributed by atoms with van der Waals surface area (Å²) >= 11 is 1.14. The van der Waals surface area contributed by atoms with Gasteiger partial charge in [-0.1, -0.05) is 48.0 Å². The molecule has 0 aliphatic rings. The van der Waals surface area contributed by atoms with Crippen LogP contribution in [0.15, 0.2) is 48.5 Å². The third-order valence-corrected chi connectivity index (χ3v) is 5.00. The fourth-order valence-electron chi connectivity index (χ4n) is 2.58. The summed E-state index contributed by atoms with van der Waals surface area (Å²) in [6.45, 7) is 5.81. The summed E-state index contributed by atoms with van der Waals surface area (Å²) < 4.78 is 5.13. The first kappa shape index (κ1) is 22.5. The summed E-state index contributed by atoms with van der Waals surface area (Å²) in [7, 11) is 0. The molecule has 2 aromatic carbocycles. The molecule has 2 N–H and O–H groups in total. The molecule has 29 heavy (non-hydrogen) atoms. The van der Waals surface area contributed by atoms with Crippen molar-refractivity contribution in [2.45, 2.75) is 33.4 Å². The number of benzene rings is 2. The Morgan fingerprint density at radius 1 is 1.03 bits per heavy atom. The van der Waals surface area contributed by atoms with Crippen LogP contribution in [-0.2, 0) is 25.7 Å². The van der Waals surface area contributed by atoms with Gasteiger partial charge in [-0.25, -0.2) is 0 Å². The number of esters is 1. The van der Waals surface area contributed by atoms with Gasteiger partial charge in [0.15, 0.2) is 6.10 Å². The summed E-state index contributed by atoms with van der Waals surface area (Å²) in [5.74, 6) is -0.965. The van der Waals surface area contributed by atoms with Crippen molar-refractivity contribution in [1.82, 2.24) is 5.32 Å². The van der Waals surface area contributed by atoms with E-state index in [0.717, 1.165) is 34.1 Å². The van der Waals surface area contributed by atoms with Gasteiger partial charge < -0.3 is 15.4 Å². The Hall–Kier alpha value is -2.80. The second-order valence-electron chi connectivity index (χ2n) is 6.69. The van der Waals surface area contributed by atoms with Crippen molar-refractivity contribution in [3.63, 3.8) is 0 Å². The molecule has 0 saturated carbocycles. The van der Waals surface area contributed by atoms with Crippen molar-refractivity contribution in [3.05, 3.63) is 65.2 Å². The lowest BCUT2D eigenvalue weighted by atomic mass is 10.1. The molecule has 2 aromatic rings. The minimum atomic E-state index is -0.893. The number of nitrogens with one attached hydrogen (secondary N) is 2. The van der Waals surface area contributed by atoms with Crippen LogP contribution in [0.2, 0.25) is 0 Å². The third-order valence-electron chi connectivity index (χ3n) is 4.10. The minimum absolute atomic E-state index is 0.00337. The summed E-state index contributed by atoms with van der Waals surface area (Å²) in [5.41, 5.74) is 3.83. The summed E-state index contributed by atoms with van der Waals surface area (Å²) in [5, 5.41) is 5.55. The summed E-state index contributed by atoms with van der Waals surface area (Å²) in [4.78, 5) is 36.0. The standard InChI is InChI=1S/C22H26N2O4S/c1-15-9-10-19(16(2)11-15)24-20(25)13-29-14-21(26)28-17(3)22(27)23-12-18-7-5-4-6-8-18/h4-11,17H,12-14H2,1-3H3,(H,23,27)(H,24,25)/t17-/m0/s1. The molecule has 0 radical (unpaired) electrons.